The average Bonchev–Trinajstić information content (AvgIpc) is 3.58. The van der Waals surface area contributed by atoms with E-state index >= 15 is 0 Å². The Labute approximate surface area is 367 Å². The first-order valence-electron chi connectivity index (χ1n) is 22.5. The van der Waals surface area contributed by atoms with E-state index in [2.05, 4.69) is 54.1 Å². The van der Waals surface area contributed by atoms with Crippen LogP contribution in [0.25, 0.3) is 11.0 Å². The molecular formula is C48H55N7O7S. The van der Waals surface area contributed by atoms with E-state index in [0.717, 1.165) is 74.8 Å². The number of nitrogens with one attached hydrogen (secondary N) is 3. The average molecular weight is 874 g/mol. The number of carbonyl (C=O) groups is 1. The van der Waals surface area contributed by atoms with Gasteiger partial charge >= 0.3 is 0 Å². The minimum Gasteiger partial charge on any atom is -0.455 e. The molecule has 5 aromatic rings. The first kappa shape index (κ1) is 41.5. The standard InChI is InChI=1S/C48H55N7O7S/c1-47(57)17-14-31(15-18-47)28-50-41-13-11-37(25-43(41)55(58)59)63(60,61)52-46(56)40-12-10-34(24-44(40)62-36-23-33-16-20-49-45(33)51-29-36)53-22-19-48(30-53)26-35(27-48)54-21-4-7-42(54)39-6-3-2-5-38(39)32-8-9-32/h2-3,5-6,10-13,16,20,23-25,29,31-32,35,42,50,57H,4,7-9,14-15,17-19,21-22,26-28,30H2,1H3,(H,49,51)(H,52,56)/t31?,35?,42-,47?,48?/m0/s1. The molecule has 2 aromatic heterocycles. The Morgan fingerprint density at radius 1 is 0.984 bits per heavy atom. The molecule has 5 aliphatic rings. The maximum atomic E-state index is 14.0. The highest BCUT2D eigenvalue weighted by molar-refractivity contribution is 7.90. The lowest BCUT2D eigenvalue weighted by Gasteiger charge is -2.51. The van der Waals surface area contributed by atoms with E-state index in [4.69, 9.17) is 4.74 Å². The van der Waals surface area contributed by atoms with E-state index in [1.54, 1.807) is 36.2 Å². The SMILES string of the molecule is CC1(O)CCC(CNc2ccc(S(=O)(=O)NC(=O)c3ccc(N4CCC5(CC(N6CCC[C@H]6c6ccccc6C6CC6)C5)C4)cc3Oc3cnc4[nH]ccc4c3)cc2[N+](=O)[O-])CC1. The van der Waals surface area contributed by atoms with Crippen LogP contribution >= 0.6 is 0 Å². The first-order chi connectivity index (χ1) is 30.3. The molecule has 2 saturated heterocycles. The summed E-state index contributed by atoms with van der Waals surface area (Å²) in [6.45, 7) is 5.13. The zero-order valence-electron chi connectivity index (χ0n) is 35.6. The van der Waals surface area contributed by atoms with E-state index in [-0.39, 0.29) is 28.3 Å². The fraction of sp³-hybridized carbons (Fsp3) is 0.458. The number of nitro groups is 1. The van der Waals surface area contributed by atoms with Crippen molar-refractivity contribution in [3.05, 3.63) is 112 Å². The van der Waals surface area contributed by atoms with Gasteiger partial charge in [-0.1, -0.05) is 24.3 Å². The van der Waals surface area contributed by atoms with Crippen LogP contribution in [0, 0.1) is 21.4 Å². The molecule has 0 radical (unpaired) electrons. The van der Waals surface area contributed by atoms with Crippen LogP contribution in [0.5, 0.6) is 11.5 Å². The number of pyridine rings is 1. The summed E-state index contributed by atoms with van der Waals surface area (Å²) in [6, 6.07) is 22.6. The number of aromatic amines is 1. The number of benzene rings is 3. The van der Waals surface area contributed by atoms with Gasteiger partial charge in [0.05, 0.1) is 27.2 Å². The number of anilines is 2. The summed E-state index contributed by atoms with van der Waals surface area (Å²) < 4.78 is 36.0. The molecule has 15 heteroatoms. The van der Waals surface area contributed by atoms with Crippen molar-refractivity contribution < 1.29 is 28.0 Å². The molecular weight excluding hydrogens is 819 g/mol. The lowest BCUT2D eigenvalue weighted by molar-refractivity contribution is -0.384. The second-order valence-electron chi connectivity index (χ2n) is 19.1. The number of nitro benzene ring substituents is 1. The zero-order chi connectivity index (χ0) is 43.5. The largest absolute Gasteiger partial charge is 0.455 e. The minimum absolute atomic E-state index is 0.0140. The number of rotatable bonds is 13. The van der Waals surface area contributed by atoms with Crippen molar-refractivity contribution in [3.8, 4) is 11.5 Å². The Kier molecular flexibility index (Phi) is 10.7. The molecule has 2 aliphatic heterocycles. The summed E-state index contributed by atoms with van der Waals surface area (Å²) in [5, 5.41) is 26.4. The van der Waals surface area contributed by atoms with Gasteiger partial charge < -0.3 is 25.0 Å². The number of hydrogen-bond donors (Lipinski definition) is 4. The summed E-state index contributed by atoms with van der Waals surface area (Å²) in [5.74, 6) is 0.533. The van der Waals surface area contributed by atoms with Gasteiger partial charge in [-0.25, -0.2) is 18.1 Å². The molecule has 1 atom stereocenters. The van der Waals surface area contributed by atoms with Crippen molar-refractivity contribution in [2.24, 2.45) is 11.3 Å². The summed E-state index contributed by atoms with van der Waals surface area (Å²) in [7, 11) is -4.56. The number of fused-ring (bicyclic) bond motifs is 1. The third kappa shape index (κ3) is 8.50. The molecule has 3 aromatic carbocycles. The van der Waals surface area contributed by atoms with Crippen molar-refractivity contribution >= 4 is 44.0 Å². The molecule has 10 rings (SSSR count). The number of amides is 1. The summed E-state index contributed by atoms with van der Waals surface area (Å²) in [6.07, 6.45) is 14.5. The summed E-state index contributed by atoms with van der Waals surface area (Å²) in [4.78, 5) is 37.7. The Morgan fingerprint density at radius 2 is 1.78 bits per heavy atom. The third-order valence-corrected chi connectivity index (χ3v) is 15.9. The van der Waals surface area contributed by atoms with Gasteiger partial charge in [-0.15, -0.1) is 0 Å². The van der Waals surface area contributed by atoms with E-state index in [1.165, 1.54) is 43.4 Å². The smallest absolute Gasteiger partial charge is 0.293 e. The van der Waals surface area contributed by atoms with Crippen LogP contribution in [0.15, 0.2) is 90.1 Å². The molecule has 4 heterocycles. The molecule has 3 aliphatic carbocycles. The number of hydrogen-bond acceptors (Lipinski definition) is 11. The molecule has 4 N–H and O–H groups in total. The van der Waals surface area contributed by atoms with Crippen LogP contribution in [-0.4, -0.2) is 77.0 Å². The molecule has 0 unspecified atom stereocenters. The maximum absolute atomic E-state index is 14.0. The number of likely N-dealkylation sites (tertiary alicyclic amines) is 1. The van der Waals surface area contributed by atoms with Gasteiger partial charge in [0.2, 0.25) is 0 Å². The number of nitrogens with zero attached hydrogens (tertiary/aromatic N) is 4. The zero-order valence-corrected chi connectivity index (χ0v) is 36.4. The fourth-order valence-corrected chi connectivity index (χ4v) is 11.8. The number of aromatic nitrogens is 2. The van der Waals surface area contributed by atoms with Gasteiger partial charge in [-0.3, -0.25) is 19.8 Å². The van der Waals surface area contributed by atoms with Crippen LogP contribution in [0.4, 0.5) is 17.1 Å². The normalized spacial score (nSPS) is 26.2. The van der Waals surface area contributed by atoms with E-state index in [0.29, 0.717) is 42.9 Å². The molecule has 63 heavy (non-hydrogen) atoms. The third-order valence-electron chi connectivity index (χ3n) is 14.6. The van der Waals surface area contributed by atoms with Crippen molar-refractivity contribution in [2.45, 2.75) is 106 Å². The molecule has 5 fully saturated rings. The van der Waals surface area contributed by atoms with Crippen LogP contribution in [0.3, 0.4) is 0 Å². The molecule has 330 valence electrons. The summed E-state index contributed by atoms with van der Waals surface area (Å²) in [5.41, 5.74) is 3.88. The van der Waals surface area contributed by atoms with Crippen molar-refractivity contribution in [1.82, 2.24) is 19.6 Å². The minimum atomic E-state index is -4.56. The van der Waals surface area contributed by atoms with E-state index < -0.39 is 37.0 Å². The van der Waals surface area contributed by atoms with Crippen LogP contribution < -0.4 is 19.7 Å². The van der Waals surface area contributed by atoms with E-state index in [1.807, 2.05) is 19.1 Å². The highest BCUT2D eigenvalue weighted by Crippen LogP contribution is 2.55. The Balaban J connectivity index is 0.854. The maximum Gasteiger partial charge on any atom is 0.293 e. The lowest BCUT2D eigenvalue weighted by atomic mass is 9.64. The highest BCUT2D eigenvalue weighted by atomic mass is 32.2. The second-order valence-corrected chi connectivity index (χ2v) is 20.8. The molecule has 3 saturated carbocycles. The Bertz CT molecular complexity index is 2660. The number of aliphatic hydroxyl groups is 1. The quantitative estimate of drug-likeness (QED) is 0.0655. The monoisotopic (exact) mass is 873 g/mol. The molecule has 0 bridgehead atoms. The van der Waals surface area contributed by atoms with Gasteiger partial charge in [0, 0.05) is 61.1 Å². The Morgan fingerprint density at radius 3 is 2.56 bits per heavy atom. The van der Waals surface area contributed by atoms with Crippen molar-refractivity contribution in [3.63, 3.8) is 0 Å². The predicted molar refractivity (Wildman–Crippen MR) is 241 cm³/mol. The molecule has 1 amide bonds. The van der Waals surface area contributed by atoms with Gasteiger partial charge in [-0.05, 0) is 149 Å². The van der Waals surface area contributed by atoms with Crippen LogP contribution in [0.1, 0.15) is 111 Å². The van der Waals surface area contributed by atoms with Gasteiger partial charge in [0.15, 0.2) is 0 Å². The number of ether oxygens (including phenoxy) is 1. The van der Waals surface area contributed by atoms with Crippen molar-refractivity contribution in [1.29, 1.82) is 0 Å². The fourth-order valence-electron chi connectivity index (χ4n) is 10.9. The van der Waals surface area contributed by atoms with Gasteiger partial charge in [-0.2, -0.15) is 0 Å². The lowest BCUT2D eigenvalue weighted by Crippen LogP contribution is -2.51. The van der Waals surface area contributed by atoms with E-state index in [9.17, 15) is 28.4 Å². The molecule has 1 spiro atoms. The van der Waals surface area contributed by atoms with Crippen LogP contribution in [-0.2, 0) is 10.0 Å². The topological polar surface area (TPSA) is 183 Å². The first-order valence-corrected chi connectivity index (χ1v) is 24.0. The Hall–Kier alpha value is -5.51. The number of sulfonamides is 1. The molecule has 14 nitrogen and oxygen atoms in total. The second kappa shape index (κ2) is 16.2. The van der Waals surface area contributed by atoms with Gasteiger partial charge in [0.1, 0.15) is 22.8 Å². The van der Waals surface area contributed by atoms with Crippen molar-refractivity contribution in [2.75, 3.05) is 36.4 Å². The predicted octanol–water partition coefficient (Wildman–Crippen LogP) is 8.81. The summed E-state index contributed by atoms with van der Waals surface area (Å²) >= 11 is 0. The number of H-pyrrole nitrogens is 1. The highest BCUT2D eigenvalue weighted by Gasteiger charge is 2.52. The number of carbonyl (C=O) groups excluding carboxylic acids is 1. The van der Waals surface area contributed by atoms with Gasteiger partial charge in [0.25, 0.3) is 21.6 Å². The van der Waals surface area contributed by atoms with Crippen LogP contribution in [0.2, 0.25) is 0 Å².